The maximum absolute atomic E-state index is 13.5. The molecule has 3 aromatic rings. The molecule has 0 fully saturated rings. The number of rotatable bonds is 0. The highest BCUT2D eigenvalue weighted by Crippen LogP contribution is 2.61. The lowest BCUT2D eigenvalue weighted by molar-refractivity contribution is 0.233. The molecule has 5 nitrogen and oxygen atoms in total. The highest BCUT2D eigenvalue weighted by molar-refractivity contribution is 6.22. The summed E-state index contributed by atoms with van der Waals surface area (Å²) in [6.45, 7) is 0. The van der Waals surface area contributed by atoms with Crippen LogP contribution in [0.1, 0.15) is 16.7 Å². The van der Waals surface area contributed by atoms with E-state index in [1.807, 2.05) is 12.4 Å². The van der Waals surface area contributed by atoms with Gasteiger partial charge in [-0.1, -0.05) is 18.2 Å². The first-order valence-corrected chi connectivity index (χ1v) is 10.6. The number of carbonyl (C=O) groups excluding carboxylic acids is 1. The summed E-state index contributed by atoms with van der Waals surface area (Å²) >= 11 is 0. The molecule has 2 amide bonds. The number of quaternary nitrogens is 1. The van der Waals surface area contributed by atoms with E-state index in [1.165, 1.54) is 16.5 Å². The molecule has 5 heteroatoms. The van der Waals surface area contributed by atoms with Gasteiger partial charge in [0.15, 0.2) is 11.4 Å². The van der Waals surface area contributed by atoms with Crippen LogP contribution in [0.4, 0.5) is 16.2 Å². The van der Waals surface area contributed by atoms with Gasteiger partial charge >= 0.3 is 6.03 Å². The van der Waals surface area contributed by atoms with Crippen molar-refractivity contribution in [1.29, 1.82) is 0 Å². The molecule has 31 heavy (non-hydrogen) atoms. The fourth-order valence-corrected chi connectivity index (χ4v) is 6.34. The highest BCUT2D eigenvalue weighted by Gasteiger charge is 2.57. The zero-order valence-electron chi connectivity index (χ0n) is 16.6. The summed E-state index contributed by atoms with van der Waals surface area (Å²) in [7, 11) is 0. The van der Waals surface area contributed by atoms with Gasteiger partial charge in [-0.25, -0.2) is 4.79 Å². The third kappa shape index (κ3) is 1.50. The quantitative estimate of drug-likeness (QED) is 0.577. The van der Waals surface area contributed by atoms with Crippen molar-refractivity contribution >= 4 is 53.0 Å². The van der Waals surface area contributed by atoms with Gasteiger partial charge in [0, 0.05) is 52.6 Å². The van der Waals surface area contributed by atoms with E-state index in [4.69, 9.17) is 5.73 Å². The third-order valence-electron chi connectivity index (χ3n) is 7.46. The van der Waals surface area contributed by atoms with Crippen molar-refractivity contribution in [3.63, 3.8) is 0 Å². The van der Waals surface area contributed by atoms with Gasteiger partial charge in [-0.15, -0.1) is 4.48 Å². The van der Waals surface area contributed by atoms with E-state index < -0.39 is 0 Å². The zero-order valence-corrected chi connectivity index (χ0v) is 16.6. The van der Waals surface area contributed by atoms with Crippen LogP contribution in [0, 0.1) is 0 Å². The first-order chi connectivity index (χ1) is 15.2. The molecule has 146 valence electrons. The number of aliphatic imine (C=N–C) groups is 1. The van der Waals surface area contributed by atoms with Gasteiger partial charge in [0.05, 0.1) is 11.1 Å². The second kappa shape index (κ2) is 4.85. The van der Waals surface area contributed by atoms with Crippen molar-refractivity contribution in [3.8, 4) is 11.1 Å². The molecular weight excluding hydrogens is 384 g/mol. The standard InChI is InChI=1S/C26H16N4O/c27-26(31)30-15-4-3-9-29-20-6-2-1-5-16(20)22-18-12-28-13-19(18)23(25(30)24(22)29)17-8-7-14(10-15)11-21(17)30/h1-4,6-9,11-13H,5,10H2,(H-,27,31)/p+1/b9-3-,15-4-. The number of carbonyl (C=O) groups is 1. The number of fused-ring (bicyclic) bond motifs is 8. The van der Waals surface area contributed by atoms with Gasteiger partial charge in [0.25, 0.3) is 0 Å². The molecule has 0 spiro atoms. The number of allylic oxidation sites excluding steroid dienone is 5. The molecule has 8 rings (SSSR count). The topological polar surface area (TPSA) is 60.4 Å². The molecule has 0 saturated heterocycles. The fourth-order valence-electron chi connectivity index (χ4n) is 6.34. The summed E-state index contributed by atoms with van der Waals surface area (Å²) in [6.07, 6.45) is 18.2. The van der Waals surface area contributed by atoms with E-state index in [0.29, 0.717) is 6.42 Å². The number of nitrogens with zero attached hydrogens (tertiary/aromatic N) is 3. The molecule has 5 heterocycles. The largest absolute Gasteiger partial charge is 0.429 e. The summed E-state index contributed by atoms with van der Waals surface area (Å²) in [5, 5.41) is 3.49. The molecule has 2 bridgehead atoms. The first-order valence-electron chi connectivity index (χ1n) is 10.6. The van der Waals surface area contributed by atoms with Crippen LogP contribution in [0.3, 0.4) is 0 Å². The second-order valence-corrected chi connectivity index (χ2v) is 8.75. The van der Waals surface area contributed by atoms with Crippen LogP contribution in [0.5, 0.6) is 0 Å². The maximum Gasteiger partial charge on any atom is 0.429 e. The second-order valence-electron chi connectivity index (χ2n) is 8.75. The minimum atomic E-state index is -0.355. The lowest BCUT2D eigenvalue weighted by atomic mass is 9.94. The summed E-state index contributed by atoms with van der Waals surface area (Å²) < 4.78 is 2.23. The number of aromatic nitrogens is 1. The normalized spacial score (nSPS) is 24.7. The zero-order chi connectivity index (χ0) is 20.5. The van der Waals surface area contributed by atoms with Gasteiger partial charge < -0.3 is 10.3 Å². The molecule has 2 aromatic carbocycles. The number of hydrogen-bond donors (Lipinski definition) is 1. The van der Waals surface area contributed by atoms with Crippen molar-refractivity contribution in [2.75, 3.05) is 0 Å². The van der Waals surface area contributed by atoms with Gasteiger partial charge in [0.1, 0.15) is 11.2 Å². The Labute approximate surface area is 177 Å². The van der Waals surface area contributed by atoms with E-state index in [1.54, 1.807) is 0 Å². The van der Waals surface area contributed by atoms with Crippen LogP contribution in [0.25, 0.3) is 40.5 Å². The predicted octanol–water partition coefficient (Wildman–Crippen LogP) is 3.33. The SMILES string of the molecule is NC(=O)[N+]12/C3=C\C=C/n4c5c(c6c7c(c(c1c64)-c1ccc(cc12)C3)C=NC=7)CC=CC=5. The van der Waals surface area contributed by atoms with Gasteiger partial charge in [0.2, 0.25) is 0 Å². The fraction of sp³-hybridized carbons (Fsp3) is 0.0769. The monoisotopic (exact) mass is 401 g/mol. The number of primary amides is 1. The van der Waals surface area contributed by atoms with E-state index in [2.05, 4.69) is 64.3 Å². The van der Waals surface area contributed by atoms with Crippen LogP contribution >= 0.6 is 0 Å². The van der Waals surface area contributed by atoms with Gasteiger partial charge in [-0.3, -0.25) is 4.99 Å². The Kier molecular flexibility index (Phi) is 2.47. The summed E-state index contributed by atoms with van der Waals surface area (Å²) in [5.41, 5.74) is 16.1. The predicted molar refractivity (Wildman–Crippen MR) is 124 cm³/mol. The van der Waals surface area contributed by atoms with Crippen LogP contribution < -0.4 is 20.8 Å². The molecule has 4 aliphatic heterocycles. The van der Waals surface area contributed by atoms with Gasteiger partial charge in [-0.2, -0.15) is 0 Å². The lowest BCUT2D eigenvalue weighted by Gasteiger charge is -2.35. The Morgan fingerprint density at radius 3 is 3.03 bits per heavy atom. The molecule has 1 aromatic heterocycles. The highest BCUT2D eigenvalue weighted by atomic mass is 16.2. The molecule has 1 unspecified atom stereocenters. The number of hydrogen-bond acceptors (Lipinski definition) is 2. The van der Waals surface area contributed by atoms with Crippen molar-refractivity contribution in [2.45, 2.75) is 12.8 Å². The van der Waals surface area contributed by atoms with Crippen LogP contribution in [-0.4, -0.2) is 16.8 Å². The minimum absolute atomic E-state index is 0.0171. The Hall–Kier alpha value is -3.96. The number of amides is 2. The molecule has 1 aliphatic carbocycles. The van der Waals surface area contributed by atoms with E-state index >= 15 is 0 Å². The smallest absolute Gasteiger partial charge is 0.318 e. The van der Waals surface area contributed by atoms with Crippen LogP contribution in [-0.2, 0) is 12.8 Å². The van der Waals surface area contributed by atoms with E-state index in [0.717, 1.165) is 56.3 Å². The molecule has 0 radical (unpaired) electrons. The van der Waals surface area contributed by atoms with E-state index in [-0.39, 0.29) is 10.5 Å². The van der Waals surface area contributed by atoms with Crippen LogP contribution in [0.15, 0.2) is 53.2 Å². The number of urea groups is 1. The number of benzene rings is 2. The molecule has 1 atom stereocenters. The van der Waals surface area contributed by atoms with Crippen molar-refractivity contribution in [3.05, 3.63) is 75.5 Å². The lowest BCUT2D eigenvalue weighted by Crippen LogP contribution is -2.53. The van der Waals surface area contributed by atoms with Crippen molar-refractivity contribution in [2.24, 2.45) is 10.7 Å². The van der Waals surface area contributed by atoms with Gasteiger partial charge in [-0.05, 0) is 41.8 Å². The Morgan fingerprint density at radius 1 is 1.19 bits per heavy atom. The van der Waals surface area contributed by atoms with Crippen LogP contribution in [0.2, 0.25) is 0 Å². The maximum atomic E-state index is 13.5. The number of nitrogens with two attached hydrogens (primary N) is 1. The Morgan fingerprint density at radius 2 is 2.13 bits per heavy atom. The average Bonchev–Trinajstić information content (AvgIpc) is 3.44. The Balaban J connectivity index is 1.77. The molecule has 2 N–H and O–H groups in total. The average molecular weight is 401 g/mol. The van der Waals surface area contributed by atoms with Crippen molar-refractivity contribution < 1.29 is 4.79 Å². The molecular formula is C26H17N4O+. The molecule has 0 saturated carbocycles. The third-order valence-corrected chi connectivity index (χ3v) is 7.46. The first kappa shape index (κ1) is 15.8. The minimum Gasteiger partial charge on any atom is -0.318 e. The van der Waals surface area contributed by atoms with Crippen molar-refractivity contribution in [1.82, 2.24) is 9.05 Å². The summed E-state index contributed by atoms with van der Waals surface area (Å²) in [4.78, 5) is 18.0. The Bertz CT molecular complexity index is 1710. The summed E-state index contributed by atoms with van der Waals surface area (Å²) in [6, 6.07) is 6.14. The summed E-state index contributed by atoms with van der Waals surface area (Å²) in [5.74, 6) is 0. The van der Waals surface area contributed by atoms with E-state index in [9.17, 15) is 4.79 Å². The molecule has 5 aliphatic rings.